The maximum Gasteiger partial charge on any atom is 0.229 e. The van der Waals surface area contributed by atoms with Gasteiger partial charge in [-0.05, 0) is 60.5 Å². The van der Waals surface area contributed by atoms with Crippen molar-refractivity contribution in [3.05, 3.63) is 102 Å². The SMILES string of the molecule is C[C@@H]1CN(Cc2ccc(-n3c(-c4cccnc4N)nc4ccc(-c5ccccc5)nc43)cc2)CCN1c1ncnc(Cl)n1. The third-order valence-corrected chi connectivity index (χ3v) is 7.93. The van der Waals surface area contributed by atoms with Gasteiger partial charge in [-0.1, -0.05) is 42.5 Å². The van der Waals surface area contributed by atoms with E-state index in [2.05, 4.69) is 77.6 Å². The molecule has 0 saturated carbocycles. The molecule has 10 nitrogen and oxygen atoms in total. The summed E-state index contributed by atoms with van der Waals surface area (Å²) in [5.41, 5.74) is 12.7. The summed E-state index contributed by atoms with van der Waals surface area (Å²) < 4.78 is 2.07. The molecule has 2 aromatic carbocycles. The Labute approximate surface area is 253 Å². The van der Waals surface area contributed by atoms with Gasteiger partial charge in [0.2, 0.25) is 11.2 Å². The van der Waals surface area contributed by atoms with Crippen molar-refractivity contribution >= 4 is 34.5 Å². The quantitative estimate of drug-likeness (QED) is 0.277. The van der Waals surface area contributed by atoms with Crippen LogP contribution in [0.3, 0.4) is 0 Å². The molecule has 7 rings (SSSR count). The van der Waals surface area contributed by atoms with Gasteiger partial charge < -0.3 is 10.6 Å². The van der Waals surface area contributed by atoms with E-state index in [1.54, 1.807) is 6.20 Å². The Morgan fingerprint density at radius 3 is 2.47 bits per heavy atom. The molecule has 2 N–H and O–H groups in total. The molecule has 43 heavy (non-hydrogen) atoms. The second-order valence-electron chi connectivity index (χ2n) is 10.6. The van der Waals surface area contributed by atoms with Gasteiger partial charge in [-0.15, -0.1) is 0 Å². The lowest BCUT2D eigenvalue weighted by Gasteiger charge is -2.39. The fraction of sp³-hybridized carbons (Fsp3) is 0.188. The van der Waals surface area contributed by atoms with Crippen LogP contribution in [0, 0.1) is 0 Å². The highest BCUT2D eigenvalue weighted by molar-refractivity contribution is 6.28. The number of rotatable bonds is 6. The van der Waals surface area contributed by atoms with Gasteiger partial charge >= 0.3 is 0 Å². The van der Waals surface area contributed by atoms with Crippen LogP contribution < -0.4 is 10.6 Å². The molecule has 0 bridgehead atoms. The predicted molar refractivity (Wildman–Crippen MR) is 169 cm³/mol. The number of benzene rings is 2. The number of nitrogen functional groups attached to an aromatic ring is 1. The summed E-state index contributed by atoms with van der Waals surface area (Å²) in [4.78, 5) is 31.5. The molecular formula is C32H29ClN10. The van der Waals surface area contributed by atoms with Crippen LogP contribution in [0.4, 0.5) is 11.8 Å². The zero-order valence-corrected chi connectivity index (χ0v) is 24.3. The predicted octanol–water partition coefficient (Wildman–Crippen LogP) is 5.28. The lowest BCUT2D eigenvalue weighted by molar-refractivity contribution is 0.219. The molecule has 0 amide bonds. The molecule has 214 valence electrons. The normalized spacial score (nSPS) is 15.7. The fourth-order valence-electron chi connectivity index (χ4n) is 5.65. The van der Waals surface area contributed by atoms with Crippen LogP contribution in [-0.2, 0) is 6.54 Å². The number of hydrogen-bond donors (Lipinski definition) is 1. The molecule has 5 heterocycles. The van der Waals surface area contributed by atoms with Crippen LogP contribution >= 0.6 is 11.6 Å². The van der Waals surface area contributed by atoms with E-state index >= 15 is 0 Å². The number of pyridine rings is 2. The van der Waals surface area contributed by atoms with Gasteiger partial charge in [-0.3, -0.25) is 9.47 Å². The minimum atomic E-state index is 0.214. The minimum absolute atomic E-state index is 0.214. The first-order valence-electron chi connectivity index (χ1n) is 14.1. The summed E-state index contributed by atoms with van der Waals surface area (Å²) in [6.45, 7) is 5.59. The van der Waals surface area contributed by atoms with Gasteiger partial charge in [0.15, 0.2) is 11.5 Å². The highest BCUT2D eigenvalue weighted by atomic mass is 35.5. The van der Waals surface area contributed by atoms with Crippen LogP contribution in [0.15, 0.2) is 91.4 Å². The van der Waals surface area contributed by atoms with Crippen LogP contribution in [0.2, 0.25) is 5.28 Å². The molecule has 1 aliphatic rings. The number of imidazole rings is 1. The van der Waals surface area contributed by atoms with Gasteiger partial charge in [0.25, 0.3) is 0 Å². The smallest absolute Gasteiger partial charge is 0.229 e. The summed E-state index contributed by atoms with van der Waals surface area (Å²) in [6.07, 6.45) is 3.15. The zero-order valence-electron chi connectivity index (χ0n) is 23.5. The molecule has 1 fully saturated rings. The molecule has 1 atom stereocenters. The number of nitrogens with zero attached hydrogens (tertiary/aromatic N) is 9. The molecule has 1 saturated heterocycles. The van der Waals surface area contributed by atoms with Crippen molar-refractivity contribution in [2.45, 2.75) is 19.5 Å². The lowest BCUT2D eigenvalue weighted by Crippen LogP contribution is -2.52. The molecule has 0 unspecified atom stereocenters. The Morgan fingerprint density at radius 1 is 0.860 bits per heavy atom. The van der Waals surface area contributed by atoms with E-state index < -0.39 is 0 Å². The topological polar surface area (TPSA) is 115 Å². The van der Waals surface area contributed by atoms with Gasteiger partial charge in [-0.25, -0.2) is 24.9 Å². The summed E-state index contributed by atoms with van der Waals surface area (Å²) in [5, 5.41) is 0.214. The minimum Gasteiger partial charge on any atom is -0.383 e. The summed E-state index contributed by atoms with van der Waals surface area (Å²) in [6, 6.07) is 26.8. The van der Waals surface area contributed by atoms with Crippen LogP contribution in [0.5, 0.6) is 0 Å². The fourth-order valence-corrected chi connectivity index (χ4v) is 5.77. The first-order valence-corrected chi connectivity index (χ1v) is 14.5. The van der Waals surface area contributed by atoms with Crippen molar-refractivity contribution in [3.63, 3.8) is 0 Å². The third kappa shape index (κ3) is 5.38. The summed E-state index contributed by atoms with van der Waals surface area (Å²) in [7, 11) is 0. The lowest BCUT2D eigenvalue weighted by atomic mass is 10.1. The number of hydrogen-bond acceptors (Lipinski definition) is 9. The number of aromatic nitrogens is 7. The Bertz CT molecular complexity index is 1890. The van der Waals surface area contributed by atoms with Crippen molar-refractivity contribution in [2.75, 3.05) is 30.3 Å². The van der Waals surface area contributed by atoms with E-state index in [-0.39, 0.29) is 11.3 Å². The van der Waals surface area contributed by atoms with Crippen molar-refractivity contribution in [3.8, 4) is 28.3 Å². The van der Waals surface area contributed by atoms with E-state index in [0.29, 0.717) is 17.6 Å². The van der Waals surface area contributed by atoms with E-state index in [9.17, 15) is 0 Å². The zero-order chi connectivity index (χ0) is 29.3. The van der Waals surface area contributed by atoms with Gasteiger partial charge in [0.05, 0.1) is 11.3 Å². The Hall–Kier alpha value is -4.93. The van der Waals surface area contributed by atoms with Crippen molar-refractivity contribution < 1.29 is 0 Å². The van der Waals surface area contributed by atoms with Crippen molar-refractivity contribution in [1.82, 2.24) is 39.4 Å². The molecule has 4 aromatic heterocycles. The van der Waals surface area contributed by atoms with Crippen molar-refractivity contribution in [2.24, 2.45) is 0 Å². The molecule has 1 aliphatic heterocycles. The average Bonchev–Trinajstić information content (AvgIpc) is 3.41. The number of nitrogens with two attached hydrogens (primary N) is 1. The Balaban J connectivity index is 1.19. The maximum atomic E-state index is 6.32. The van der Waals surface area contributed by atoms with Gasteiger partial charge in [0.1, 0.15) is 17.7 Å². The summed E-state index contributed by atoms with van der Waals surface area (Å²) in [5.74, 6) is 1.75. The molecular weight excluding hydrogens is 560 g/mol. The number of piperazine rings is 1. The van der Waals surface area contributed by atoms with Crippen LogP contribution in [0.1, 0.15) is 12.5 Å². The highest BCUT2D eigenvalue weighted by Crippen LogP contribution is 2.32. The largest absolute Gasteiger partial charge is 0.383 e. The average molecular weight is 589 g/mol. The monoisotopic (exact) mass is 588 g/mol. The second-order valence-corrected chi connectivity index (χ2v) is 10.9. The summed E-state index contributed by atoms with van der Waals surface area (Å²) >= 11 is 6.00. The molecule has 0 aliphatic carbocycles. The van der Waals surface area contributed by atoms with E-state index in [1.165, 1.54) is 11.9 Å². The molecule has 6 aromatic rings. The standard InChI is InChI=1S/C32H29ClN10/c1-21-18-41(16-17-42(21)32-37-20-36-31(33)40-32)19-22-9-11-24(12-10-22)43-29(25-8-5-15-35-28(25)34)39-27-14-13-26(38-30(27)43)23-6-3-2-4-7-23/h2-15,20-21H,16-19H2,1H3,(H2,34,35)/t21-/m1/s1. The first kappa shape index (κ1) is 26.9. The van der Waals surface area contributed by atoms with Gasteiger partial charge in [0, 0.05) is 49.7 Å². The second kappa shape index (κ2) is 11.4. The number of anilines is 2. The van der Waals surface area contributed by atoms with E-state index in [1.807, 2.05) is 42.5 Å². The number of halogens is 1. The molecule has 0 spiro atoms. The van der Waals surface area contributed by atoms with Crippen molar-refractivity contribution in [1.29, 1.82) is 0 Å². The van der Waals surface area contributed by atoms with Crippen LogP contribution in [-0.4, -0.2) is 65.0 Å². The molecule has 11 heteroatoms. The molecule has 0 radical (unpaired) electrons. The van der Waals surface area contributed by atoms with Crippen LogP contribution in [0.25, 0.3) is 39.5 Å². The first-order chi connectivity index (χ1) is 21.0. The Morgan fingerprint density at radius 2 is 1.70 bits per heavy atom. The third-order valence-electron chi connectivity index (χ3n) is 7.75. The van der Waals surface area contributed by atoms with E-state index in [4.69, 9.17) is 27.3 Å². The van der Waals surface area contributed by atoms with E-state index in [0.717, 1.165) is 59.9 Å². The maximum absolute atomic E-state index is 6.32. The van der Waals surface area contributed by atoms with Gasteiger partial charge in [-0.2, -0.15) is 4.98 Å². The number of fused-ring (bicyclic) bond motifs is 1. The Kier molecular flexibility index (Phi) is 7.14. The highest BCUT2D eigenvalue weighted by Gasteiger charge is 2.26.